The van der Waals surface area contributed by atoms with Crippen LogP contribution < -0.4 is 0 Å². The molecule has 2 aromatic heterocycles. The molecule has 6 heteroatoms. The van der Waals surface area contributed by atoms with E-state index >= 15 is 0 Å². The van der Waals surface area contributed by atoms with E-state index in [1.165, 1.54) is 11.5 Å². The number of hydrogen-bond donors (Lipinski definition) is 0. The number of ketones is 1. The number of Topliss-reactive ketones (excluding diaryl/α,β-unsaturated/α-hetero) is 1. The highest BCUT2D eigenvalue weighted by molar-refractivity contribution is 9.10. The van der Waals surface area contributed by atoms with Crippen molar-refractivity contribution in [3.05, 3.63) is 39.6 Å². The van der Waals surface area contributed by atoms with E-state index in [-0.39, 0.29) is 5.78 Å². The van der Waals surface area contributed by atoms with Gasteiger partial charge in [-0.25, -0.2) is 0 Å². The molecule has 76 valence electrons. The number of rotatable bonds is 3. The SMILES string of the molecule is O=C(Cc1cncc(Br)c1)c1csnn1. The summed E-state index contributed by atoms with van der Waals surface area (Å²) in [6, 6.07) is 1.87. The molecule has 0 aliphatic heterocycles. The number of halogens is 1. The molecule has 0 radical (unpaired) electrons. The Bertz CT molecular complexity index is 472. The number of carbonyl (C=O) groups is 1. The van der Waals surface area contributed by atoms with Crippen LogP contribution in [0.5, 0.6) is 0 Å². The lowest BCUT2D eigenvalue weighted by Gasteiger charge is -1.98. The molecule has 0 bridgehead atoms. The van der Waals surface area contributed by atoms with Gasteiger partial charge in [0.25, 0.3) is 0 Å². The van der Waals surface area contributed by atoms with E-state index in [0.717, 1.165) is 10.0 Å². The fourth-order valence-corrected chi connectivity index (χ4v) is 1.99. The van der Waals surface area contributed by atoms with Crippen LogP contribution in [0.2, 0.25) is 0 Å². The zero-order chi connectivity index (χ0) is 10.7. The van der Waals surface area contributed by atoms with Crippen molar-refractivity contribution < 1.29 is 4.79 Å². The van der Waals surface area contributed by atoms with E-state index in [1.807, 2.05) is 6.07 Å². The van der Waals surface area contributed by atoms with Gasteiger partial charge in [0.2, 0.25) is 0 Å². The summed E-state index contributed by atoms with van der Waals surface area (Å²) >= 11 is 4.48. The van der Waals surface area contributed by atoms with Gasteiger partial charge in [0.15, 0.2) is 5.78 Å². The highest BCUT2D eigenvalue weighted by Gasteiger charge is 2.10. The summed E-state index contributed by atoms with van der Waals surface area (Å²) in [5, 5.41) is 5.37. The van der Waals surface area contributed by atoms with Crippen LogP contribution in [0.4, 0.5) is 0 Å². The Morgan fingerprint density at radius 3 is 3.00 bits per heavy atom. The van der Waals surface area contributed by atoms with Gasteiger partial charge in [-0.1, -0.05) is 4.49 Å². The second-order valence-corrected chi connectivity index (χ2v) is 4.43. The fraction of sp³-hybridized carbons (Fsp3) is 0.111. The van der Waals surface area contributed by atoms with Crippen LogP contribution >= 0.6 is 27.5 Å². The molecule has 0 aliphatic rings. The first-order valence-electron chi connectivity index (χ1n) is 4.15. The van der Waals surface area contributed by atoms with Gasteiger partial charge in [-0.15, -0.1) is 5.10 Å². The monoisotopic (exact) mass is 283 g/mol. The summed E-state index contributed by atoms with van der Waals surface area (Å²) in [5.41, 5.74) is 1.28. The van der Waals surface area contributed by atoms with Gasteiger partial charge < -0.3 is 0 Å². The normalized spacial score (nSPS) is 10.2. The number of aromatic nitrogens is 3. The first-order valence-corrected chi connectivity index (χ1v) is 5.78. The van der Waals surface area contributed by atoms with Crippen molar-refractivity contribution >= 4 is 33.2 Å². The summed E-state index contributed by atoms with van der Waals surface area (Å²) in [6.45, 7) is 0. The van der Waals surface area contributed by atoms with E-state index in [2.05, 4.69) is 30.5 Å². The van der Waals surface area contributed by atoms with Crippen molar-refractivity contribution in [2.24, 2.45) is 0 Å². The average Bonchev–Trinajstić information content (AvgIpc) is 2.70. The van der Waals surface area contributed by atoms with Crippen molar-refractivity contribution in [2.75, 3.05) is 0 Å². The molecule has 0 atom stereocenters. The standard InChI is InChI=1S/C9H6BrN3OS/c10-7-1-6(3-11-4-7)2-9(14)8-5-15-13-12-8/h1,3-5H,2H2. The summed E-state index contributed by atoms with van der Waals surface area (Å²) in [6.07, 6.45) is 3.65. The predicted octanol–water partition coefficient (Wildman–Crippen LogP) is 2.12. The molecular weight excluding hydrogens is 278 g/mol. The number of hydrogen-bond acceptors (Lipinski definition) is 5. The van der Waals surface area contributed by atoms with E-state index in [9.17, 15) is 4.79 Å². The molecule has 0 fully saturated rings. The Balaban J connectivity index is 2.13. The van der Waals surface area contributed by atoms with Gasteiger partial charge in [0.1, 0.15) is 5.69 Å². The quantitative estimate of drug-likeness (QED) is 0.810. The smallest absolute Gasteiger partial charge is 0.188 e. The predicted molar refractivity (Wildman–Crippen MR) is 59.9 cm³/mol. The van der Waals surface area contributed by atoms with Gasteiger partial charge in [-0.05, 0) is 39.1 Å². The van der Waals surface area contributed by atoms with E-state index in [1.54, 1.807) is 17.8 Å². The Labute approximate surface area is 98.7 Å². The van der Waals surface area contributed by atoms with Gasteiger partial charge in [-0.2, -0.15) is 0 Å². The number of nitrogens with zero attached hydrogens (tertiary/aromatic N) is 3. The molecule has 0 N–H and O–H groups in total. The molecule has 0 saturated carbocycles. The van der Waals surface area contributed by atoms with E-state index < -0.39 is 0 Å². The third kappa shape index (κ3) is 2.66. The minimum atomic E-state index is -0.0383. The first-order chi connectivity index (χ1) is 7.25. The van der Waals surface area contributed by atoms with Crippen LogP contribution in [-0.4, -0.2) is 20.4 Å². The van der Waals surface area contributed by atoms with Crippen molar-refractivity contribution in [1.29, 1.82) is 0 Å². The molecule has 0 amide bonds. The van der Waals surface area contributed by atoms with Gasteiger partial charge in [-0.3, -0.25) is 9.78 Å². The van der Waals surface area contributed by atoms with Crippen molar-refractivity contribution in [3.8, 4) is 0 Å². The Hall–Kier alpha value is -1.14. The molecule has 4 nitrogen and oxygen atoms in total. The topological polar surface area (TPSA) is 55.7 Å². The molecule has 0 aliphatic carbocycles. The zero-order valence-electron chi connectivity index (χ0n) is 7.55. The molecule has 2 aromatic rings. The van der Waals surface area contributed by atoms with Crippen LogP contribution in [0.3, 0.4) is 0 Å². The summed E-state index contributed by atoms with van der Waals surface area (Å²) in [4.78, 5) is 15.6. The fourth-order valence-electron chi connectivity index (χ4n) is 1.11. The lowest BCUT2D eigenvalue weighted by Crippen LogP contribution is -2.04. The third-order valence-corrected chi connectivity index (χ3v) is 2.71. The average molecular weight is 284 g/mol. The third-order valence-electron chi connectivity index (χ3n) is 1.77. The van der Waals surface area contributed by atoms with Gasteiger partial charge >= 0.3 is 0 Å². The Morgan fingerprint density at radius 2 is 2.33 bits per heavy atom. The number of pyridine rings is 1. The highest BCUT2D eigenvalue weighted by Crippen LogP contribution is 2.11. The largest absolute Gasteiger partial charge is 0.292 e. The van der Waals surface area contributed by atoms with Crippen LogP contribution in [0.25, 0.3) is 0 Å². The van der Waals surface area contributed by atoms with Crippen LogP contribution in [0.15, 0.2) is 28.3 Å². The first kappa shape index (κ1) is 10.4. The second-order valence-electron chi connectivity index (χ2n) is 2.90. The second kappa shape index (κ2) is 4.59. The van der Waals surface area contributed by atoms with Crippen LogP contribution in [0, 0.1) is 0 Å². The summed E-state index contributed by atoms with van der Waals surface area (Å²) < 4.78 is 4.51. The number of carbonyl (C=O) groups excluding carboxylic acids is 1. The lowest BCUT2D eigenvalue weighted by molar-refractivity contribution is 0.0988. The summed E-state index contributed by atoms with van der Waals surface area (Å²) in [5.74, 6) is -0.0383. The maximum absolute atomic E-state index is 11.6. The van der Waals surface area contributed by atoms with E-state index in [0.29, 0.717) is 12.1 Å². The van der Waals surface area contributed by atoms with Gasteiger partial charge in [0.05, 0.1) is 0 Å². The molecule has 2 heterocycles. The molecule has 0 spiro atoms. The minimum Gasteiger partial charge on any atom is -0.292 e. The Morgan fingerprint density at radius 1 is 1.47 bits per heavy atom. The molecule has 0 saturated heterocycles. The minimum absolute atomic E-state index is 0.0383. The van der Waals surface area contributed by atoms with E-state index in [4.69, 9.17) is 0 Å². The molecule has 2 rings (SSSR count). The zero-order valence-corrected chi connectivity index (χ0v) is 9.96. The molecule has 0 aromatic carbocycles. The van der Waals surface area contributed by atoms with Crippen molar-refractivity contribution in [3.63, 3.8) is 0 Å². The van der Waals surface area contributed by atoms with Crippen molar-refractivity contribution in [2.45, 2.75) is 6.42 Å². The highest BCUT2D eigenvalue weighted by atomic mass is 79.9. The maximum atomic E-state index is 11.6. The Kier molecular flexibility index (Phi) is 3.17. The lowest BCUT2D eigenvalue weighted by atomic mass is 10.1. The van der Waals surface area contributed by atoms with Crippen LogP contribution in [-0.2, 0) is 6.42 Å². The van der Waals surface area contributed by atoms with Gasteiger partial charge in [0, 0.05) is 28.7 Å². The molecule has 0 unspecified atom stereocenters. The molecule has 15 heavy (non-hydrogen) atoms. The van der Waals surface area contributed by atoms with Crippen molar-refractivity contribution in [1.82, 2.24) is 14.6 Å². The maximum Gasteiger partial charge on any atom is 0.188 e. The van der Waals surface area contributed by atoms with Crippen LogP contribution in [0.1, 0.15) is 16.1 Å². The molecular formula is C9H6BrN3OS. The summed E-state index contributed by atoms with van der Waals surface area (Å²) in [7, 11) is 0.